The van der Waals surface area contributed by atoms with Gasteiger partial charge in [0.2, 0.25) is 5.95 Å². The quantitative estimate of drug-likeness (QED) is 0.702. The third kappa shape index (κ3) is 1.54. The first-order valence-electron chi connectivity index (χ1n) is 4.79. The Morgan fingerprint density at radius 2 is 2.62 bits per heavy atom. The summed E-state index contributed by atoms with van der Waals surface area (Å²) in [6.07, 6.45) is 4.28. The first kappa shape index (κ1) is 8.56. The molecule has 3 N–H and O–H groups in total. The van der Waals surface area contributed by atoms with E-state index in [1.807, 2.05) is 13.1 Å². The van der Waals surface area contributed by atoms with E-state index in [0.29, 0.717) is 6.04 Å². The molecule has 0 aliphatic carbocycles. The molecule has 1 aliphatic rings. The number of hydrogen-bond acceptors (Lipinski definition) is 3. The molecule has 0 spiro atoms. The van der Waals surface area contributed by atoms with Crippen molar-refractivity contribution in [2.75, 3.05) is 18.0 Å². The molecular formula is C9H16N4. The average Bonchev–Trinajstić information content (AvgIpc) is 2.71. The van der Waals surface area contributed by atoms with E-state index in [0.717, 1.165) is 24.7 Å². The van der Waals surface area contributed by atoms with E-state index in [-0.39, 0.29) is 0 Å². The Morgan fingerprint density at radius 1 is 1.77 bits per heavy atom. The Morgan fingerprint density at radius 3 is 3.23 bits per heavy atom. The molecule has 1 unspecified atom stereocenters. The maximum Gasteiger partial charge on any atom is 0.203 e. The van der Waals surface area contributed by atoms with E-state index in [4.69, 9.17) is 5.73 Å². The zero-order valence-corrected chi connectivity index (χ0v) is 7.95. The second kappa shape index (κ2) is 3.38. The van der Waals surface area contributed by atoms with E-state index in [1.54, 1.807) is 0 Å². The molecule has 1 aromatic rings. The van der Waals surface area contributed by atoms with E-state index in [1.165, 1.54) is 12.8 Å². The van der Waals surface area contributed by atoms with Crippen LogP contribution < -0.4 is 10.6 Å². The second-order valence-electron chi connectivity index (χ2n) is 3.61. The Balaban J connectivity index is 2.15. The molecule has 13 heavy (non-hydrogen) atoms. The van der Waals surface area contributed by atoms with Crippen LogP contribution in [0.25, 0.3) is 0 Å². The van der Waals surface area contributed by atoms with Crippen LogP contribution in [0.1, 0.15) is 18.5 Å². The molecule has 2 heterocycles. The molecule has 1 atom stereocenters. The topological polar surface area (TPSA) is 57.9 Å². The Bertz CT molecular complexity index is 281. The molecular weight excluding hydrogens is 164 g/mol. The van der Waals surface area contributed by atoms with Crippen LogP contribution in [0.3, 0.4) is 0 Å². The highest BCUT2D eigenvalue weighted by Gasteiger charge is 2.24. The van der Waals surface area contributed by atoms with E-state index >= 15 is 0 Å². The van der Waals surface area contributed by atoms with Crippen molar-refractivity contribution in [2.45, 2.75) is 25.8 Å². The van der Waals surface area contributed by atoms with Crippen molar-refractivity contribution < 1.29 is 0 Å². The lowest BCUT2D eigenvalue weighted by atomic mass is 10.2. The summed E-state index contributed by atoms with van der Waals surface area (Å²) in [6, 6.07) is 0.477. The number of imidazole rings is 1. The van der Waals surface area contributed by atoms with Gasteiger partial charge < -0.3 is 15.6 Å². The van der Waals surface area contributed by atoms with Gasteiger partial charge in [-0.3, -0.25) is 0 Å². The average molecular weight is 180 g/mol. The zero-order valence-electron chi connectivity index (χ0n) is 7.95. The predicted octanol–water partition coefficient (Wildman–Crippen LogP) is 0.646. The van der Waals surface area contributed by atoms with Gasteiger partial charge in [-0.2, -0.15) is 0 Å². The summed E-state index contributed by atoms with van der Waals surface area (Å²) in [5.74, 6) is 0.977. The largest absolute Gasteiger partial charge is 0.338 e. The molecule has 0 radical (unpaired) electrons. The van der Waals surface area contributed by atoms with Gasteiger partial charge in [-0.15, -0.1) is 0 Å². The number of H-pyrrole nitrogens is 1. The third-order valence-corrected chi connectivity index (χ3v) is 2.61. The lowest BCUT2D eigenvalue weighted by Gasteiger charge is -2.22. The van der Waals surface area contributed by atoms with Crippen LogP contribution >= 0.6 is 0 Å². The molecule has 1 aromatic heterocycles. The van der Waals surface area contributed by atoms with Crippen LogP contribution in [0.5, 0.6) is 0 Å². The van der Waals surface area contributed by atoms with Crippen LogP contribution in [0.4, 0.5) is 5.95 Å². The highest BCUT2D eigenvalue weighted by atomic mass is 15.3. The maximum absolute atomic E-state index is 5.69. The van der Waals surface area contributed by atoms with Crippen molar-refractivity contribution in [3.63, 3.8) is 0 Å². The summed E-state index contributed by atoms with van der Waals surface area (Å²) < 4.78 is 0. The number of aromatic amines is 1. The molecule has 1 fully saturated rings. The summed E-state index contributed by atoms with van der Waals surface area (Å²) >= 11 is 0. The smallest absolute Gasteiger partial charge is 0.203 e. The van der Waals surface area contributed by atoms with Gasteiger partial charge in [0.1, 0.15) is 0 Å². The van der Waals surface area contributed by atoms with Crippen molar-refractivity contribution in [3.05, 3.63) is 11.9 Å². The van der Waals surface area contributed by atoms with Gasteiger partial charge in [0, 0.05) is 31.0 Å². The molecule has 2 rings (SSSR count). The lowest BCUT2D eigenvalue weighted by Crippen LogP contribution is -2.36. The fourth-order valence-electron chi connectivity index (χ4n) is 1.90. The minimum absolute atomic E-state index is 0.477. The molecule has 4 nitrogen and oxygen atoms in total. The third-order valence-electron chi connectivity index (χ3n) is 2.61. The number of nitrogens with one attached hydrogen (secondary N) is 1. The summed E-state index contributed by atoms with van der Waals surface area (Å²) in [5, 5.41) is 0. The molecule has 4 heteroatoms. The highest BCUT2D eigenvalue weighted by Crippen LogP contribution is 2.21. The number of nitrogens with two attached hydrogens (primary N) is 1. The number of anilines is 1. The van der Waals surface area contributed by atoms with Crippen molar-refractivity contribution in [2.24, 2.45) is 5.73 Å². The van der Waals surface area contributed by atoms with Gasteiger partial charge in [0.05, 0.1) is 0 Å². The summed E-state index contributed by atoms with van der Waals surface area (Å²) in [6.45, 7) is 3.82. The Hall–Kier alpha value is -1.03. The number of nitrogens with zero attached hydrogens (tertiary/aromatic N) is 2. The van der Waals surface area contributed by atoms with Crippen molar-refractivity contribution >= 4 is 5.95 Å². The molecule has 1 saturated heterocycles. The van der Waals surface area contributed by atoms with E-state index in [2.05, 4.69) is 14.9 Å². The second-order valence-corrected chi connectivity index (χ2v) is 3.61. The maximum atomic E-state index is 5.69. The Labute approximate surface area is 78.1 Å². The fraction of sp³-hybridized carbons (Fsp3) is 0.667. The van der Waals surface area contributed by atoms with Crippen LogP contribution in [-0.2, 0) is 0 Å². The first-order valence-corrected chi connectivity index (χ1v) is 4.79. The van der Waals surface area contributed by atoms with Gasteiger partial charge in [0.15, 0.2) is 0 Å². The van der Waals surface area contributed by atoms with Gasteiger partial charge in [0.25, 0.3) is 0 Å². The number of hydrogen-bond donors (Lipinski definition) is 2. The van der Waals surface area contributed by atoms with Crippen molar-refractivity contribution in [3.8, 4) is 0 Å². The minimum Gasteiger partial charge on any atom is -0.338 e. The van der Waals surface area contributed by atoms with Crippen LogP contribution in [0.15, 0.2) is 6.20 Å². The molecule has 0 saturated carbocycles. The Kier molecular flexibility index (Phi) is 2.22. The summed E-state index contributed by atoms with van der Waals surface area (Å²) in [4.78, 5) is 9.82. The normalized spacial score (nSPS) is 22.6. The summed E-state index contributed by atoms with van der Waals surface area (Å²) in [5.41, 5.74) is 6.79. The van der Waals surface area contributed by atoms with Crippen molar-refractivity contribution in [1.82, 2.24) is 9.97 Å². The van der Waals surface area contributed by atoms with Crippen LogP contribution in [0.2, 0.25) is 0 Å². The van der Waals surface area contributed by atoms with Gasteiger partial charge >= 0.3 is 0 Å². The first-order chi connectivity index (χ1) is 6.31. The standard InChI is InChI=1S/C9H16N4/c1-7-6-11-9(12-7)13-4-2-3-8(13)5-10/h6,8H,2-5,10H2,1H3,(H,11,12). The number of aromatic nitrogens is 2. The fourth-order valence-corrected chi connectivity index (χ4v) is 1.90. The van der Waals surface area contributed by atoms with Crippen molar-refractivity contribution in [1.29, 1.82) is 0 Å². The van der Waals surface area contributed by atoms with Gasteiger partial charge in [-0.1, -0.05) is 0 Å². The van der Waals surface area contributed by atoms with E-state index < -0.39 is 0 Å². The predicted molar refractivity (Wildman–Crippen MR) is 52.7 cm³/mol. The zero-order chi connectivity index (χ0) is 9.26. The SMILES string of the molecule is Cc1cnc(N2CCCC2CN)[nH]1. The number of rotatable bonds is 2. The highest BCUT2D eigenvalue weighted by molar-refractivity contribution is 5.34. The molecule has 0 aromatic carbocycles. The monoisotopic (exact) mass is 180 g/mol. The molecule has 1 aliphatic heterocycles. The lowest BCUT2D eigenvalue weighted by molar-refractivity contribution is 0.666. The van der Waals surface area contributed by atoms with Gasteiger partial charge in [-0.25, -0.2) is 4.98 Å². The van der Waals surface area contributed by atoms with Crippen LogP contribution in [0, 0.1) is 6.92 Å². The minimum atomic E-state index is 0.477. The van der Waals surface area contributed by atoms with Gasteiger partial charge in [-0.05, 0) is 19.8 Å². The molecule has 0 bridgehead atoms. The number of aryl methyl sites for hydroxylation is 1. The molecule has 0 amide bonds. The van der Waals surface area contributed by atoms with Crippen LogP contribution in [-0.4, -0.2) is 29.1 Å². The molecule has 72 valence electrons. The summed E-state index contributed by atoms with van der Waals surface area (Å²) in [7, 11) is 0. The van der Waals surface area contributed by atoms with E-state index in [9.17, 15) is 0 Å².